The van der Waals surface area contributed by atoms with Gasteiger partial charge in [0.1, 0.15) is 5.82 Å². The van der Waals surface area contributed by atoms with Gasteiger partial charge in [0.25, 0.3) is 0 Å². The highest BCUT2D eigenvalue weighted by atomic mass is 79.9. The highest BCUT2D eigenvalue weighted by molar-refractivity contribution is 9.10. The van der Waals surface area contributed by atoms with E-state index in [1.165, 1.54) is 5.56 Å². The van der Waals surface area contributed by atoms with Gasteiger partial charge in [0.15, 0.2) is 0 Å². The van der Waals surface area contributed by atoms with Crippen LogP contribution in [0.5, 0.6) is 0 Å². The summed E-state index contributed by atoms with van der Waals surface area (Å²) in [4.78, 5) is 17.8. The molecule has 1 N–H and O–H groups in total. The summed E-state index contributed by atoms with van der Waals surface area (Å²) < 4.78 is 3.20. The van der Waals surface area contributed by atoms with Gasteiger partial charge in [0, 0.05) is 22.5 Å². The van der Waals surface area contributed by atoms with Crippen molar-refractivity contribution >= 4 is 44.6 Å². The quantitative estimate of drug-likeness (QED) is 0.607. The summed E-state index contributed by atoms with van der Waals surface area (Å²) in [6.45, 7) is 5.37. The SMILES string of the molecule is Cc1cc(Br)ccc1SCC(=O)NCCn1c(C)nc2ccccc21. The number of benzene rings is 2. The molecule has 0 bridgehead atoms. The zero-order chi connectivity index (χ0) is 17.8. The molecule has 130 valence electrons. The number of imidazole rings is 1. The van der Waals surface area contributed by atoms with Crippen LogP contribution in [0.2, 0.25) is 0 Å². The summed E-state index contributed by atoms with van der Waals surface area (Å²) in [6, 6.07) is 14.2. The van der Waals surface area contributed by atoms with Gasteiger partial charge in [0.2, 0.25) is 5.91 Å². The zero-order valence-corrected chi connectivity index (χ0v) is 16.7. The predicted octanol–water partition coefficient (Wildman–Crippen LogP) is 4.32. The summed E-state index contributed by atoms with van der Waals surface area (Å²) >= 11 is 5.02. The van der Waals surface area contributed by atoms with Crippen LogP contribution >= 0.6 is 27.7 Å². The van der Waals surface area contributed by atoms with Gasteiger partial charge in [-0.3, -0.25) is 4.79 Å². The van der Waals surface area contributed by atoms with Crippen molar-refractivity contribution < 1.29 is 4.79 Å². The largest absolute Gasteiger partial charge is 0.354 e. The topological polar surface area (TPSA) is 46.9 Å². The Kier molecular flexibility index (Phi) is 5.81. The second-order valence-corrected chi connectivity index (χ2v) is 7.78. The van der Waals surface area contributed by atoms with Crippen LogP contribution in [0.4, 0.5) is 0 Å². The number of halogens is 1. The smallest absolute Gasteiger partial charge is 0.230 e. The third kappa shape index (κ3) is 4.44. The third-order valence-electron chi connectivity index (χ3n) is 4.00. The average molecular weight is 418 g/mol. The lowest BCUT2D eigenvalue weighted by Gasteiger charge is -2.09. The molecule has 0 spiro atoms. The lowest BCUT2D eigenvalue weighted by atomic mass is 10.2. The number of amides is 1. The van der Waals surface area contributed by atoms with Gasteiger partial charge < -0.3 is 9.88 Å². The number of para-hydroxylation sites is 2. The first-order chi connectivity index (χ1) is 12.0. The number of aromatic nitrogens is 2. The molecule has 4 nitrogen and oxygen atoms in total. The number of aryl methyl sites for hydroxylation is 2. The molecule has 0 saturated carbocycles. The predicted molar refractivity (Wildman–Crippen MR) is 107 cm³/mol. The van der Waals surface area contributed by atoms with Crippen molar-refractivity contribution in [2.24, 2.45) is 0 Å². The Morgan fingerprint density at radius 3 is 2.84 bits per heavy atom. The second-order valence-electron chi connectivity index (χ2n) is 5.85. The van der Waals surface area contributed by atoms with Crippen molar-refractivity contribution in [1.82, 2.24) is 14.9 Å². The molecule has 0 fully saturated rings. The summed E-state index contributed by atoms with van der Waals surface area (Å²) in [5.74, 6) is 1.44. The average Bonchev–Trinajstić information content (AvgIpc) is 2.90. The molecule has 0 aliphatic rings. The normalized spacial score (nSPS) is 11.0. The van der Waals surface area contributed by atoms with E-state index in [-0.39, 0.29) is 5.91 Å². The highest BCUT2D eigenvalue weighted by Crippen LogP contribution is 2.25. The third-order valence-corrected chi connectivity index (χ3v) is 5.67. The first-order valence-electron chi connectivity index (χ1n) is 8.12. The summed E-state index contributed by atoms with van der Waals surface area (Å²) in [6.07, 6.45) is 0. The van der Waals surface area contributed by atoms with Gasteiger partial charge in [-0.15, -0.1) is 11.8 Å². The number of hydrogen-bond donors (Lipinski definition) is 1. The van der Waals surface area contributed by atoms with E-state index in [0.29, 0.717) is 12.3 Å². The number of rotatable bonds is 6. The van der Waals surface area contributed by atoms with Crippen molar-refractivity contribution in [3.05, 3.63) is 58.3 Å². The minimum absolute atomic E-state index is 0.0504. The molecule has 0 saturated heterocycles. The summed E-state index contributed by atoms with van der Waals surface area (Å²) in [5, 5.41) is 3.00. The van der Waals surface area contributed by atoms with Crippen LogP contribution < -0.4 is 5.32 Å². The number of thioether (sulfide) groups is 1. The fourth-order valence-electron chi connectivity index (χ4n) is 2.75. The fourth-order valence-corrected chi connectivity index (χ4v) is 4.07. The number of carbonyl (C=O) groups excluding carboxylic acids is 1. The van der Waals surface area contributed by atoms with Crippen LogP contribution in [0.15, 0.2) is 51.8 Å². The highest BCUT2D eigenvalue weighted by Gasteiger charge is 2.08. The van der Waals surface area contributed by atoms with Crippen LogP contribution in [0, 0.1) is 13.8 Å². The Morgan fingerprint density at radius 2 is 2.04 bits per heavy atom. The van der Waals surface area contributed by atoms with E-state index in [4.69, 9.17) is 0 Å². The molecular formula is C19H20BrN3OS. The molecule has 0 aliphatic carbocycles. The van der Waals surface area contributed by atoms with Crippen LogP contribution in [-0.2, 0) is 11.3 Å². The molecule has 2 aromatic carbocycles. The first kappa shape index (κ1) is 18.0. The van der Waals surface area contributed by atoms with Crippen LogP contribution in [0.1, 0.15) is 11.4 Å². The fraction of sp³-hybridized carbons (Fsp3) is 0.263. The Hall–Kier alpha value is -1.79. The Balaban J connectivity index is 1.51. The van der Waals surface area contributed by atoms with E-state index in [1.54, 1.807) is 11.8 Å². The maximum atomic E-state index is 12.1. The van der Waals surface area contributed by atoms with Crippen molar-refractivity contribution in [3.8, 4) is 0 Å². The number of hydrogen-bond acceptors (Lipinski definition) is 3. The standard InChI is InChI=1S/C19H20BrN3OS/c1-13-11-15(20)7-8-18(13)25-12-19(24)21-9-10-23-14(2)22-16-5-3-4-6-17(16)23/h3-8,11H,9-10,12H2,1-2H3,(H,21,24). The van der Waals surface area contributed by atoms with Crippen LogP contribution in [-0.4, -0.2) is 27.8 Å². The van der Waals surface area contributed by atoms with Gasteiger partial charge in [-0.05, 0) is 49.7 Å². The number of carbonyl (C=O) groups is 1. The molecule has 1 amide bonds. The Bertz CT molecular complexity index is 907. The lowest BCUT2D eigenvalue weighted by molar-refractivity contribution is -0.118. The van der Waals surface area contributed by atoms with Gasteiger partial charge in [-0.2, -0.15) is 0 Å². The number of nitrogens with one attached hydrogen (secondary N) is 1. The van der Waals surface area contributed by atoms with Gasteiger partial charge in [0.05, 0.1) is 16.8 Å². The number of fused-ring (bicyclic) bond motifs is 1. The molecule has 0 unspecified atom stereocenters. The molecule has 3 aromatic rings. The van der Waals surface area contributed by atoms with Crippen molar-refractivity contribution in [1.29, 1.82) is 0 Å². The lowest BCUT2D eigenvalue weighted by Crippen LogP contribution is -2.28. The van der Waals surface area contributed by atoms with Crippen molar-refractivity contribution in [3.63, 3.8) is 0 Å². The van der Waals surface area contributed by atoms with Crippen molar-refractivity contribution in [2.75, 3.05) is 12.3 Å². The molecule has 1 heterocycles. The maximum Gasteiger partial charge on any atom is 0.230 e. The molecule has 0 radical (unpaired) electrons. The van der Waals surface area contributed by atoms with Gasteiger partial charge in [-0.25, -0.2) is 4.98 Å². The minimum Gasteiger partial charge on any atom is -0.354 e. The van der Waals surface area contributed by atoms with Crippen LogP contribution in [0.25, 0.3) is 11.0 Å². The van der Waals surface area contributed by atoms with E-state index >= 15 is 0 Å². The molecular weight excluding hydrogens is 398 g/mol. The molecule has 1 aromatic heterocycles. The summed E-state index contributed by atoms with van der Waals surface area (Å²) in [7, 11) is 0. The van der Waals surface area contributed by atoms with E-state index in [1.807, 2.05) is 37.3 Å². The Morgan fingerprint density at radius 1 is 1.24 bits per heavy atom. The van der Waals surface area contributed by atoms with E-state index in [0.717, 1.165) is 32.8 Å². The van der Waals surface area contributed by atoms with Gasteiger partial charge in [-0.1, -0.05) is 28.1 Å². The minimum atomic E-state index is 0.0504. The van der Waals surface area contributed by atoms with Crippen LogP contribution in [0.3, 0.4) is 0 Å². The maximum absolute atomic E-state index is 12.1. The first-order valence-corrected chi connectivity index (χ1v) is 9.90. The molecule has 0 aliphatic heterocycles. The van der Waals surface area contributed by atoms with E-state index in [2.05, 4.69) is 49.9 Å². The molecule has 6 heteroatoms. The molecule has 3 rings (SSSR count). The summed E-state index contributed by atoms with van der Waals surface area (Å²) in [5.41, 5.74) is 3.27. The van der Waals surface area contributed by atoms with Crippen molar-refractivity contribution in [2.45, 2.75) is 25.3 Å². The number of nitrogens with zero attached hydrogens (tertiary/aromatic N) is 2. The Labute approximate surface area is 160 Å². The second kappa shape index (κ2) is 8.06. The van der Waals surface area contributed by atoms with E-state index in [9.17, 15) is 4.79 Å². The van der Waals surface area contributed by atoms with Gasteiger partial charge >= 0.3 is 0 Å². The zero-order valence-electron chi connectivity index (χ0n) is 14.3. The van der Waals surface area contributed by atoms with E-state index < -0.39 is 0 Å². The molecule has 0 atom stereocenters. The molecule has 25 heavy (non-hydrogen) atoms. The monoisotopic (exact) mass is 417 g/mol.